The zero-order valence-electron chi connectivity index (χ0n) is 7.43. The molecule has 0 saturated carbocycles. The molecule has 0 aliphatic carbocycles. The summed E-state index contributed by atoms with van der Waals surface area (Å²) < 4.78 is 6.38. The maximum absolute atomic E-state index is 6.00. The van der Waals surface area contributed by atoms with Crippen molar-refractivity contribution in [2.75, 3.05) is 7.11 Å². The molecule has 0 atom stereocenters. The van der Waals surface area contributed by atoms with Crippen LogP contribution in [0.4, 0.5) is 0 Å². The summed E-state index contributed by atoms with van der Waals surface area (Å²) in [7, 11) is 1.68. The number of halogens is 1. The molecule has 1 aromatic carbocycles. The highest BCUT2D eigenvalue weighted by Gasteiger charge is 2.04. The van der Waals surface area contributed by atoms with Crippen LogP contribution < -0.4 is 4.74 Å². The Morgan fingerprint density at radius 3 is 2.77 bits per heavy atom. The fourth-order valence-electron chi connectivity index (χ4n) is 1.24. The van der Waals surface area contributed by atoms with Gasteiger partial charge in [0.2, 0.25) is 0 Å². The minimum atomic E-state index is 0.813. The van der Waals surface area contributed by atoms with Crippen molar-refractivity contribution in [3.05, 3.63) is 28.8 Å². The molecule has 0 bridgehead atoms. The highest BCUT2D eigenvalue weighted by Crippen LogP contribution is 2.34. The molecule has 0 fully saturated rings. The van der Waals surface area contributed by atoms with Gasteiger partial charge in [-0.25, -0.2) is 0 Å². The molecule has 0 radical (unpaired) electrons. The third kappa shape index (κ3) is 1.52. The van der Waals surface area contributed by atoms with Crippen molar-refractivity contribution in [2.24, 2.45) is 0 Å². The molecule has 2 aromatic rings. The van der Waals surface area contributed by atoms with E-state index in [1.807, 2.05) is 19.1 Å². The van der Waals surface area contributed by atoms with Gasteiger partial charge < -0.3 is 4.74 Å². The van der Waals surface area contributed by atoms with Crippen molar-refractivity contribution in [3.8, 4) is 5.06 Å². The summed E-state index contributed by atoms with van der Waals surface area (Å²) in [6, 6.07) is 6.07. The number of methoxy groups -OCH3 is 1. The summed E-state index contributed by atoms with van der Waals surface area (Å²) in [6.45, 7) is 2.01. The Hall–Kier alpha value is -0.730. The lowest BCUT2D eigenvalue weighted by Crippen LogP contribution is -1.73. The SMILES string of the molecule is COc1cc2cc(Cl)c(C)cc2s1. The first kappa shape index (κ1) is 8.85. The van der Waals surface area contributed by atoms with E-state index in [2.05, 4.69) is 6.07 Å². The number of fused-ring (bicyclic) bond motifs is 1. The minimum Gasteiger partial charge on any atom is -0.487 e. The third-order valence-electron chi connectivity index (χ3n) is 1.98. The predicted octanol–water partition coefficient (Wildman–Crippen LogP) is 3.87. The van der Waals surface area contributed by atoms with E-state index >= 15 is 0 Å². The largest absolute Gasteiger partial charge is 0.487 e. The second-order valence-corrected chi connectivity index (χ2v) is 4.36. The standard InChI is InChI=1S/C10H9ClOS/c1-6-3-9-7(4-8(6)11)5-10(12-2)13-9/h3-5H,1-2H3. The second-order valence-electron chi connectivity index (χ2n) is 2.91. The lowest BCUT2D eigenvalue weighted by Gasteiger charge is -1.95. The van der Waals surface area contributed by atoms with Gasteiger partial charge in [0.05, 0.1) is 7.11 Å². The lowest BCUT2D eigenvalue weighted by atomic mass is 10.2. The Morgan fingerprint density at radius 1 is 1.31 bits per heavy atom. The van der Waals surface area contributed by atoms with E-state index in [0.29, 0.717) is 0 Å². The zero-order chi connectivity index (χ0) is 9.42. The van der Waals surface area contributed by atoms with Crippen LogP contribution in [0.3, 0.4) is 0 Å². The Kier molecular flexibility index (Phi) is 2.18. The summed E-state index contributed by atoms with van der Waals surface area (Å²) in [4.78, 5) is 0. The van der Waals surface area contributed by atoms with Gasteiger partial charge in [-0.2, -0.15) is 0 Å². The maximum atomic E-state index is 6.00. The quantitative estimate of drug-likeness (QED) is 0.697. The van der Waals surface area contributed by atoms with Gasteiger partial charge in [-0.3, -0.25) is 0 Å². The lowest BCUT2D eigenvalue weighted by molar-refractivity contribution is 0.427. The van der Waals surface area contributed by atoms with E-state index in [0.717, 1.165) is 21.0 Å². The topological polar surface area (TPSA) is 9.23 Å². The van der Waals surface area contributed by atoms with E-state index in [-0.39, 0.29) is 0 Å². The molecule has 3 heteroatoms. The zero-order valence-corrected chi connectivity index (χ0v) is 9.00. The molecule has 0 N–H and O–H groups in total. The van der Waals surface area contributed by atoms with E-state index in [1.165, 1.54) is 4.70 Å². The van der Waals surface area contributed by atoms with Crippen LogP contribution in [0.25, 0.3) is 10.1 Å². The number of benzene rings is 1. The molecule has 0 saturated heterocycles. The van der Waals surface area contributed by atoms with Crippen LogP contribution in [0.1, 0.15) is 5.56 Å². The van der Waals surface area contributed by atoms with Crippen molar-refractivity contribution in [3.63, 3.8) is 0 Å². The molecule has 0 aliphatic rings. The van der Waals surface area contributed by atoms with Gasteiger partial charge in [-0.05, 0) is 36.1 Å². The van der Waals surface area contributed by atoms with Crippen LogP contribution in [0, 0.1) is 6.92 Å². The normalized spacial score (nSPS) is 10.7. The van der Waals surface area contributed by atoms with Crippen molar-refractivity contribution in [1.82, 2.24) is 0 Å². The number of hydrogen-bond donors (Lipinski definition) is 0. The first-order chi connectivity index (χ1) is 6.20. The number of hydrogen-bond acceptors (Lipinski definition) is 2. The van der Waals surface area contributed by atoms with Crippen molar-refractivity contribution >= 4 is 33.0 Å². The van der Waals surface area contributed by atoms with E-state index < -0.39 is 0 Å². The molecular weight excluding hydrogens is 204 g/mol. The molecule has 0 unspecified atom stereocenters. The molecule has 2 rings (SSSR count). The Labute approximate surface area is 85.9 Å². The van der Waals surface area contributed by atoms with Crippen molar-refractivity contribution in [1.29, 1.82) is 0 Å². The van der Waals surface area contributed by atoms with Crippen LogP contribution in [0.2, 0.25) is 5.02 Å². The van der Waals surface area contributed by atoms with Crippen LogP contribution in [0.5, 0.6) is 5.06 Å². The molecule has 1 nitrogen and oxygen atoms in total. The summed E-state index contributed by atoms with van der Waals surface area (Å²) in [6.07, 6.45) is 0. The molecule has 68 valence electrons. The number of thiophene rings is 1. The highest BCUT2D eigenvalue weighted by atomic mass is 35.5. The average Bonchev–Trinajstić information content (AvgIpc) is 2.48. The first-order valence-electron chi connectivity index (χ1n) is 3.94. The number of rotatable bonds is 1. The highest BCUT2D eigenvalue weighted by molar-refractivity contribution is 7.20. The summed E-state index contributed by atoms with van der Waals surface area (Å²) >= 11 is 7.64. The van der Waals surface area contributed by atoms with Crippen LogP contribution in [-0.2, 0) is 0 Å². The number of ether oxygens (including phenoxy) is 1. The minimum absolute atomic E-state index is 0.813. The second kappa shape index (κ2) is 3.20. The van der Waals surface area contributed by atoms with E-state index in [9.17, 15) is 0 Å². The number of aryl methyl sites for hydroxylation is 1. The van der Waals surface area contributed by atoms with Gasteiger partial charge in [-0.1, -0.05) is 22.9 Å². The Bertz CT molecular complexity index is 408. The molecule has 13 heavy (non-hydrogen) atoms. The molecule has 0 spiro atoms. The third-order valence-corrected chi connectivity index (χ3v) is 3.44. The van der Waals surface area contributed by atoms with Gasteiger partial charge >= 0.3 is 0 Å². The van der Waals surface area contributed by atoms with Gasteiger partial charge in [-0.15, -0.1) is 0 Å². The summed E-state index contributed by atoms with van der Waals surface area (Å²) in [5.74, 6) is 0. The molecule has 1 aromatic heterocycles. The van der Waals surface area contributed by atoms with Crippen LogP contribution >= 0.6 is 22.9 Å². The van der Waals surface area contributed by atoms with E-state index in [1.54, 1.807) is 18.4 Å². The summed E-state index contributed by atoms with van der Waals surface area (Å²) in [5.41, 5.74) is 1.11. The molecule has 0 amide bonds. The van der Waals surface area contributed by atoms with Gasteiger partial charge in [0.1, 0.15) is 0 Å². The van der Waals surface area contributed by atoms with Crippen molar-refractivity contribution < 1.29 is 4.74 Å². The predicted molar refractivity (Wildman–Crippen MR) is 58.1 cm³/mol. The van der Waals surface area contributed by atoms with Gasteiger partial charge in [0, 0.05) is 9.72 Å². The Morgan fingerprint density at radius 2 is 2.08 bits per heavy atom. The van der Waals surface area contributed by atoms with Crippen LogP contribution in [-0.4, -0.2) is 7.11 Å². The van der Waals surface area contributed by atoms with Crippen molar-refractivity contribution in [2.45, 2.75) is 6.92 Å². The average molecular weight is 213 g/mol. The smallest absolute Gasteiger partial charge is 0.174 e. The molecule has 1 heterocycles. The first-order valence-corrected chi connectivity index (χ1v) is 5.14. The molecular formula is C10H9ClOS. The van der Waals surface area contributed by atoms with Gasteiger partial charge in [0.15, 0.2) is 5.06 Å². The Balaban J connectivity index is 2.70. The maximum Gasteiger partial charge on any atom is 0.174 e. The molecule has 0 aliphatic heterocycles. The summed E-state index contributed by atoms with van der Waals surface area (Å²) in [5, 5.41) is 2.89. The fraction of sp³-hybridized carbons (Fsp3) is 0.200. The van der Waals surface area contributed by atoms with E-state index in [4.69, 9.17) is 16.3 Å². The van der Waals surface area contributed by atoms with Gasteiger partial charge in [0.25, 0.3) is 0 Å². The fourth-order valence-corrected chi connectivity index (χ4v) is 2.37. The van der Waals surface area contributed by atoms with Crippen LogP contribution in [0.15, 0.2) is 18.2 Å². The monoisotopic (exact) mass is 212 g/mol.